The Kier molecular flexibility index (Phi) is 21.4. The standard InChI is InChI=1S/C36H61N5O7/c1-2-3-4-5-6-7-8-9-10-11-12-13-14-17-33(42)37-18-15-16-30-23-31-25-40(28-35(45)46)21-19-39(27-34(43)44)20-22-41(29-36(47)48)26-32(24-30)38-31/h23-24H,2-22,25-29H2,1H3,(H,37,42)(H,43,44)(H,45,46)(H,47,48). The molecule has 0 aliphatic carbocycles. The van der Waals surface area contributed by atoms with Crippen LogP contribution in [0.1, 0.15) is 120 Å². The van der Waals surface area contributed by atoms with Gasteiger partial charge in [-0.2, -0.15) is 0 Å². The first-order valence-electron chi connectivity index (χ1n) is 18.2. The van der Waals surface area contributed by atoms with Crippen LogP contribution in [0.4, 0.5) is 0 Å². The highest BCUT2D eigenvalue weighted by atomic mass is 16.4. The average molecular weight is 676 g/mol. The normalized spacial score (nSPS) is 15.0. The molecule has 4 N–H and O–H groups in total. The molecule has 12 nitrogen and oxygen atoms in total. The molecule has 48 heavy (non-hydrogen) atoms. The van der Waals surface area contributed by atoms with Gasteiger partial charge in [-0.1, -0.05) is 84.0 Å². The molecule has 0 spiro atoms. The molecule has 0 aromatic carbocycles. The fraction of sp³-hybridized carbons (Fsp3) is 0.750. The van der Waals surface area contributed by atoms with Crippen LogP contribution in [0.3, 0.4) is 0 Å². The van der Waals surface area contributed by atoms with Gasteiger partial charge in [0.15, 0.2) is 0 Å². The van der Waals surface area contributed by atoms with Crippen molar-refractivity contribution in [3.63, 3.8) is 0 Å². The van der Waals surface area contributed by atoms with E-state index in [1.165, 1.54) is 70.6 Å². The molecule has 2 heterocycles. The summed E-state index contributed by atoms with van der Waals surface area (Å²) in [6, 6.07) is 3.88. The van der Waals surface area contributed by atoms with Crippen molar-refractivity contribution in [3.8, 4) is 0 Å². The van der Waals surface area contributed by atoms with Crippen LogP contribution < -0.4 is 5.32 Å². The molecular weight excluding hydrogens is 614 g/mol. The van der Waals surface area contributed by atoms with E-state index in [2.05, 4.69) is 12.2 Å². The quantitative estimate of drug-likeness (QED) is 0.112. The Morgan fingerprint density at radius 1 is 0.625 bits per heavy atom. The maximum absolute atomic E-state index is 12.4. The first-order valence-corrected chi connectivity index (χ1v) is 18.2. The van der Waals surface area contributed by atoms with Gasteiger partial charge in [0, 0.05) is 52.2 Å². The number of nitrogens with one attached hydrogen (secondary N) is 1. The molecule has 2 rings (SSSR count). The number of aliphatic carboxylic acids is 3. The van der Waals surface area contributed by atoms with Crippen LogP contribution in [0.2, 0.25) is 0 Å². The number of carbonyl (C=O) groups is 4. The molecule has 0 radical (unpaired) electrons. The lowest BCUT2D eigenvalue weighted by atomic mass is 10.0. The van der Waals surface area contributed by atoms with Crippen LogP contribution in [0.15, 0.2) is 12.1 Å². The highest BCUT2D eigenvalue weighted by molar-refractivity contribution is 5.75. The number of fused-ring (bicyclic) bond motifs is 2. The van der Waals surface area contributed by atoms with Gasteiger partial charge in [-0.15, -0.1) is 0 Å². The zero-order chi connectivity index (χ0) is 35.0. The summed E-state index contributed by atoms with van der Waals surface area (Å²) in [4.78, 5) is 56.9. The molecule has 1 aliphatic heterocycles. The topological polar surface area (TPSA) is 164 Å². The van der Waals surface area contributed by atoms with Crippen LogP contribution in [-0.2, 0) is 38.7 Å². The second-order valence-corrected chi connectivity index (χ2v) is 13.3. The molecule has 0 unspecified atom stereocenters. The van der Waals surface area contributed by atoms with Crippen molar-refractivity contribution in [2.75, 3.05) is 52.4 Å². The van der Waals surface area contributed by atoms with E-state index >= 15 is 0 Å². The molecule has 0 fully saturated rings. The number of amides is 1. The van der Waals surface area contributed by atoms with Gasteiger partial charge in [-0.3, -0.25) is 38.9 Å². The van der Waals surface area contributed by atoms with E-state index in [1.54, 1.807) is 14.7 Å². The van der Waals surface area contributed by atoms with Gasteiger partial charge in [-0.25, -0.2) is 0 Å². The number of carboxylic acid groups (broad SMARTS) is 3. The van der Waals surface area contributed by atoms with Crippen molar-refractivity contribution in [1.29, 1.82) is 0 Å². The number of carbonyl (C=O) groups excluding carboxylic acids is 1. The summed E-state index contributed by atoms with van der Waals surface area (Å²) in [6.07, 6.45) is 18.5. The molecular formula is C36H61N5O7. The fourth-order valence-corrected chi connectivity index (χ4v) is 6.23. The van der Waals surface area contributed by atoms with Crippen molar-refractivity contribution in [1.82, 2.24) is 25.0 Å². The van der Waals surface area contributed by atoms with Crippen molar-refractivity contribution in [2.24, 2.45) is 0 Å². The minimum atomic E-state index is -0.996. The molecule has 2 bridgehead atoms. The number of carboxylic acids is 3. The minimum absolute atomic E-state index is 0.0780. The molecule has 272 valence electrons. The second kappa shape index (κ2) is 25.0. The largest absolute Gasteiger partial charge is 0.480 e. The third kappa shape index (κ3) is 20.3. The number of hydrogen-bond donors (Lipinski definition) is 4. The van der Waals surface area contributed by atoms with Crippen LogP contribution in [0.25, 0.3) is 0 Å². The molecule has 0 atom stereocenters. The van der Waals surface area contributed by atoms with Gasteiger partial charge in [0.25, 0.3) is 0 Å². The molecule has 0 saturated heterocycles. The maximum Gasteiger partial charge on any atom is 0.317 e. The van der Waals surface area contributed by atoms with E-state index in [0.717, 1.165) is 24.8 Å². The molecule has 12 heteroatoms. The van der Waals surface area contributed by atoms with Crippen LogP contribution in [-0.4, -0.2) is 111 Å². The molecule has 1 amide bonds. The molecule has 1 aromatic heterocycles. The Morgan fingerprint density at radius 2 is 1.04 bits per heavy atom. The number of nitrogens with zero attached hydrogens (tertiary/aromatic N) is 4. The number of unbranched alkanes of at least 4 members (excludes halogenated alkanes) is 12. The lowest BCUT2D eigenvalue weighted by molar-refractivity contribution is -0.140. The van der Waals surface area contributed by atoms with Gasteiger partial charge in [0.2, 0.25) is 5.91 Å². The van der Waals surface area contributed by atoms with Crippen molar-refractivity contribution in [3.05, 3.63) is 29.1 Å². The van der Waals surface area contributed by atoms with Crippen molar-refractivity contribution < 1.29 is 34.5 Å². The van der Waals surface area contributed by atoms with E-state index < -0.39 is 17.9 Å². The van der Waals surface area contributed by atoms with E-state index in [1.807, 2.05) is 12.1 Å². The van der Waals surface area contributed by atoms with Gasteiger partial charge in [0.1, 0.15) is 0 Å². The monoisotopic (exact) mass is 675 g/mol. The lowest BCUT2D eigenvalue weighted by Crippen LogP contribution is -2.44. The number of rotatable bonds is 24. The summed E-state index contributed by atoms with van der Waals surface area (Å²) >= 11 is 0. The summed E-state index contributed by atoms with van der Waals surface area (Å²) in [7, 11) is 0. The Labute approximate surface area is 287 Å². The van der Waals surface area contributed by atoms with Crippen LogP contribution >= 0.6 is 0 Å². The predicted molar refractivity (Wildman–Crippen MR) is 186 cm³/mol. The van der Waals surface area contributed by atoms with Crippen LogP contribution in [0, 0.1) is 0 Å². The third-order valence-corrected chi connectivity index (χ3v) is 8.78. The lowest BCUT2D eigenvalue weighted by Gasteiger charge is -2.29. The Hall–Kier alpha value is -3.09. The number of aryl methyl sites for hydroxylation is 1. The number of pyridine rings is 1. The van der Waals surface area contributed by atoms with E-state index in [9.17, 15) is 34.5 Å². The number of hydrogen-bond acceptors (Lipinski definition) is 8. The zero-order valence-corrected chi connectivity index (χ0v) is 29.3. The highest BCUT2D eigenvalue weighted by Crippen LogP contribution is 2.15. The van der Waals surface area contributed by atoms with Gasteiger partial charge in [-0.05, 0) is 37.0 Å². The van der Waals surface area contributed by atoms with Gasteiger partial charge in [0.05, 0.1) is 31.0 Å². The van der Waals surface area contributed by atoms with Crippen molar-refractivity contribution in [2.45, 2.75) is 123 Å². The zero-order valence-electron chi connectivity index (χ0n) is 29.3. The van der Waals surface area contributed by atoms with E-state index in [-0.39, 0.29) is 38.6 Å². The number of aromatic nitrogens is 1. The first-order chi connectivity index (χ1) is 23.1. The Balaban J connectivity index is 1.82. The highest BCUT2D eigenvalue weighted by Gasteiger charge is 2.20. The molecule has 1 aliphatic rings. The summed E-state index contributed by atoms with van der Waals surface area (Å²) in [5.41, 5.74) is 2.35. The smallest absolute Gasteiger partial charge is 0.317 e. The van der Waals surface area contributed by atoms with Crippen LogP contribution in [0.5, 0.6) is 0 Å². The second-order valence-electron chi connectivity index (χ2n) is 13.3. The first kappa shape index (κ1) is 41.1. The third-order valence-electron chi connectivity index (χ3n) is 8.78. The average Bonchev–Trinajstić information content (AvgIpc) is 3.01. The summed E-state index contributed by atoms with van der Waals surface area (Å²) < 4.78 is 0. The minimum Gasteiger partial charge on any atom is -0.480 e. The molecule has 0 saturated carbocycles. The summed E-state index contributed by atoms with van der Waals surface area (Å²) in [6.45, 7) is 4.00. The molecule has 1 aromatic rings. The van der Waals surface area contributed by atoms with Gasteiger partial charge >= 0.3 is 17.9 Å². The van der Waals surface area contributed by atoms with E-state index in [4.69, 9.17) is 4.98 Å². The van der Waals surface area contributed by atoms with E-state index in [0.29, 0.717) is 57.0 Å². The summed E-state index contributed by atoms with van der Waals surface area (Å²) in [5, 5.41) is 31.4. The Morgan fingerprint density at radius 3 is 1.50 bits per heavy atom. The van der Waals surface area contributed by atoms with Crippen molar-refractivity contribution >= 4 is 23.8 Å². The maximum atomic E-state index is 12.4. The van der Waals surface area contributed by atoms with Gasteiger partial charge < -0.3 is 20.6 Å². The SMILES string of the molecule is CCCCCCCCCCCCCCCC(=O)NCCCc1cc2nc(c1)CN(CC(=O)O)CCN(CC(=O)O)CCN(CC(=O)O)C2. The Bertz CT molecular complexity index is 1050. The summed E-state index contributed by atoms with van der Waals surface area (Å²) in [5.74, 6) is -2.88. The predicted octanol–water partition coefficient (Wildman–Crippen LogP) is 4.79. The fourth-order valence-electron chi connectivity index (χ4n) is 6.23.